The molecule has 2 heterocycles. The first-order valence-corrected chi connectivity index (χ1v) is 6.80. The third kappa shape index (κ3) is 2.80. The van der Waals surface area contributed by atoms with Crippen LogP contribution in [0.4, 0.5) is 0 Å². The van der Waals surface area contributed by atoms with Crippen LogP contribution in [-0.2, 0) is 9.53 Å². The summed E-state index contributed by atoms with van der Waals surface area (Å²) in [5.74, 6) is 1.01. The normalized spacial score (nSPS) is 34.0. The van der Waals surface area contributed by atoms with Gasteiger partial charge in [0.15, 0.2) is 0 Å². The Labute approximate surface area is 104 Å². The number of nitrogens with one attached hydrogen (secondary N) is 1. The maximum absolute atomic E-state index is 12.4. The summed E-state index contributed by atoms with van der Waals surface area (Å²) in [4.78, 5) is 14.5. The Kier molecular flexibility index (Phi) is 4.40. The highest BCUT2D eigenvalue weighted by molar-refractivity contribution is 5.80. The number of hydrogen-bond acceptors (Lipinski definition) is 3. The van der Waals surface area contributed by atoms with E-state index in [9.17, 15) is 4.79 Å². The summed E-state index contributed by atoms with van der Waals surface area (Å²) >= 11 is 0. The molecule has 2 fully saturated rings. The van der Waals surface area contributed by atoms with E-state index in [0.717, 1.165) is 19.5 Å². The van der Waals surface area contributed by atoms with Gasteiger partial charge in [-0.2, -0.15) is 0 Å². The number of amides is 1. The van der Waals surface area contributed by atoms with Gasteiger partial charge in [-0.15, -0.1) is 0 Å². The Bertz CT molecular complexity index is 270. The average Bonchev–Trinajstić information content (AvgIpc) is 2.86. The molecule has 3 atom stereocenters. The van der Waals surface area contributed by atoms with Crippen LogP contribution in [-0.4, -0.2) is 50.2 Å². The van der Waals surface area contributed by atoms with Crippen molar-refractivity contribution < 1.29 is 9.53 Å². The van der Waals surface area contributed by atoms with E-state index in [1.807, 2.05) is 7.05 Å². The van der Waals surface area contributed by atoms with Gasteiger partial charge in [-0.3, -0.25) is 4.79 Å². The molecule has 2 rings (SSSR count). The molecule has 4 heteroatoms. The van der Waals surface area contributed by atoms with Crippen LogP contribution in [0.1, 0.15) is 26.2 Å². The van der Waals surface area contributed by atoms with E-state index in [0.29, 0.717) is 25.0 Å². The minimum Gasteiger partial charge on any atom is -0.379 e. The minimum atomic E-state index is 0.0237. The molecule has 3 unspecified atom stereocenters. The molecule has 0 aromatic rings. The number of rotatable bonds is 3. The van der Waals surface area contributed by atoms with E-state index < -0.39 is 0 Å². The van der Waals surface area contributed by atoms with Crippen LogP contribution in [0.25, 0.3) is 0 Å². The average molecular weight is 240 g/mol. The molecular weight excluding hydrogens is 216 g/mol. The fourth-order valence-electron chi connectivity index (χ4n) is 2.92. The predicted octanol–water partition coefficient (Wildman–Crippen LogP) is 0.869. The van der Waals surface area contributed by atoms with Crippen LogP contribution in [0.5, 0.6) is 0 Å². The Morgan fingerprint density at radius 3 is 3.00 bits per heavy atom. The number of hydrogen-bond donors (Lipinski definition) is 1. The molecule has 0 spiro atoms. The van der Waals surface area contributed by atoms with E-state index in [-0.39, 0.29) is 12.0 Å². The van der Waals surface area contributed by atoms with E-state index in [2.05, 4.69) is 17.1 Å². The predicted molar refractivity (Wildman–Crippen MR) is 66.8 cm³/mol. The summed E-state index contributed by atoms with van der Waals surface area (Å²) in [6.45, 7) is 5.34. The summed E-state index contributed by atoms with van der Waals surface area (Å²) in [5.41, 5.74) is 0. The highest BCUT2D eigenvalue weighted by Crippen LogP contribution is 2.23. The van der Waals surface area contributed by atoms with E-state index in [1.165, 1.54) is 12.8 Å². The van der Waals surface area contributed by atoms with Crippen molar-refractivity contribution in [3.05, 3.63) is 0 Å². The van der Waals surface area contributed by atoms with Gasteiger partial charge < -0.3 is 15.0 Å². The van der Waals surface area contributed by atoms with Crippen molar-refractivity contribution >= 4 is 5.91 Å². The molecule has 2 aliphatic heterocycles. The fourth-order valence-corrected chi connectivity index (χ4v) is 2.92. The molecule has 1 amide bonds. The summed E-state index contributed by atoms with van der Waals surface area (Å²) in [6.07, 6.45) is 3.61. The topological polar surface area (TPSA) is 41.6 Å². The zero-order valence-electron chi connectivity index (χ0n) is 10.9. The number of likely N-dealkylation sites (tertiary alicyclic amines) is 1. The van der Waals surface area contributed by atoms with Crippen molar-refractivity contribution in [1.82, 2.24) is 10.2 Å². The SMILES string of the molecule is CCC1CCCN(C(=O)C2COCC2NC)C1. The number of piperidine rings is 1. The van der Waals surface area contributed by atoms with Crippen molar-refractivity contribution in [2.75, 3.05) is 33.4 Å². The van der Waals surface area contributed by atoms with Crippen molar-refractivity contribution in [2.45, 2.75) is 32.2 Å². The summed E-state index contributed by atoms with van der Waals surface area (Å²) in [7, 11) is 1.91. The maximum Gasteiger partial charge on any atom is 0.229 e. The Hall–Kier alpha value is -0.610. The van der Waals surface area contributed by atoms with Crippen molar-refractivity contribution in [3.8, 4) is 0 Å². The lowest BCUT2D eigenvalue weighted by atomic mass is 9.93. The molecule has 0 radical (unpaired) electrons. The van der Waals surface area contributed by atoms with Gasteiger partial charge in [0.05, 0.1) is 19.1 Å². The van der Waals surface area contributed by atoms with E-state index in [4.69, 9.17) is 4.74 Å². The van der Waals surface area contributed by atoms with Gasteiger partial charge in [0.2, 0.25) is 5.91 Å². The van der Waals surface area contributed by atoms with E-state index in [1.54, 1.807) is 0 Å². The Morgan fingerprint density at radius 2 is 2.29 bits per heavy atom. The smallest absolute Gasteiger partial charge is 0.229 e. The molecule has 0 aromatic carbocycles. The standard InChI is InChI=1S/C13H24N2O2/c1-3-10-5-4-6-15(7-10)13(16)11-8-17-9-12(11)14-2/h10-12,14H,3-9H2,1-2H3. The second kappa shape index (κ2) is 5.83. The quantitative estimate of drug-likeness (QED) is 0.796. The molecular formula is C13H24N2O2. The van der Waals surface area contributed by atoms with Gasteiger partial charge in [-0.1, -0.05) is 13.3 Å². The van der Waals surface area contributed by atoms with Crippen LogP contribution in [0.2, 0.25) is 0 Å². The first kappa shape index (κ1) is 12.8. The summed E-state index contributed by atoms with van der Waals surface area (Å²) in [6, 6.07) is 0.199. The summed E-state index contributed by atoms with van der Waals surface area (Å²) < 4.78 is 5.42. The lowest BCUT2D eigenvalue weighted by Gasteiger charge is -2.34. The first-order valence-electron chi connectivity index (χ1n) is 6.80. The summed E-state index contributed by atoms with van der Waals surface area (Å²) in [5, 5.41) is 3.19. The highest BCUT2D eigenvalue weighted by Gasteiger charge is 2.36. The number of carbonyl (C=O) groups is 1. The van der Waals surface area contributed by atoms with Gasteiger partial charge in [0.25, 0.3) is 0 Å². The van der Waals surface area contributed by atoms with Gasteiger partial charge in [-0.05, 0) is 25.8 Å². The third-order valence-corrected chi connectivity index (χ3v) is 4.18. The first-order chi connectivity index (χ1) is 8.26. The van der Waals surface area contributed by atoms with Gasteiger partial charge in [0.1, 0.15) is 0 Å². The molecule has 0 saturated carbocycles. The van der Waals surface area contributed by atoms with Gasteiger partial charge in [0, 0.05) is 19.1 Å². The van der Waals surface area contributed by atoms with Crippen molar-refractivity contribution in [2.24, 2.45) is 11.8 Å². The molecule has 2 aliphatic rings. The minimum absolute atomic E-state index is 0.0237. The van der Waals surface area contributed by atoms with Gasteiger partial charge in [-0.25, -0.2) is 0 Å². The molecule has 17 heavy (non-hydrogen) atoms. The lowest BCUT2D eigenvalue weighted by Crippen LogP contribution is -2.48. The van der Waals surface area contributed by atoms with Crippen LogP contribution in [0, 0.1) is 11.8 Å². The lowest BCUT2D eigenvalue weighted by molar-refractivity contribution is -0.137. The molecule has 1 N–H and O–H groups in total. The molecule has 2 saturated heterocycles. The zero-order valence-corrected chi connectivity index (χ0v) is 10.9. The molecule has 0 bridgehead atoms. The number of nitrogens with zero attached hydrogens (tertiary/aromatic N) is 1. The van der Waals surface area contributed by atoms with Crippen LogP contribution in [0.3, 0.4) is 0 Å². The second-order valence-electron chi connectivity index (χ2n) is 5.24. The largest absolute Gasteiger partial charge is 0.379 e. The molecule has 0 aromatic heterocycles. The maximum atomic E-state index is 12.4. The van der Waals surface area contributed by atoms with Crippen LogP contribution in [0.15, 0.2) is 0 Å². The Balaban J connectivity index is 1.94. The molecule has 4 nitrogen and oxygen atoms in total. The highest BCUT2D eigenvalue weighted by atomic mass is 16.5. The molecule has 0 aliphatic carbocycles. The van der Waals surface area contributed by atoms with E-state index >= 15 is 0 Å². The van der Waals surface area contributed by atoms with Crippen LogP contribution < -0.4 is 5.32 Å². The fraction of sp³-hybridized carbons (Fsp3) is 0.923. The Morgan fingerprint density at radius 1 is 1.47 bits per heavy atom. The second-order valence-corrected chi connectivity index (χ2v) is 5.24. The van der Waals surface area contributed by atoms with Crippen LogP contribution >= 0.6 is 0 Å². The monoisotopic (exact) mass is 240 g/mol. The van der Waals surface area contributed by atoms with Crippen molar-refractivity contribution in [1.29, 1.82) is 0 Å². The number of ether oxygens (including phenoxy) is 1. The zero-order chi connectivity index (χ0) is 12.3. The number of likely N-dealkylation sites (N-methyl/N-ethyl adjacent to an activating group) is 1. The van der Waals surface area contributed by atoms with Crippen molar-refractivity contribution in [3.63, 3.8) is 0 Å². The molecule has 98 valence electrons. The van der Waals surface area contributed by atoms with Gasteiger partial charge >= 0.3 is 0 Å². The third-order valence-electron chi connectivity index (χ3n) is 4.18. The number of carbonyl (C=O) groups excluding carboxylic acids is 1.